The maximum atomic E-state index is 13.0. The number of alkyl halides is 3. The first kappa shape index (κ1) is 16.1. The summed E-state index contributed by atoms with van der Waals surface area (Å²) in [4.78, 5) is 13.6. The van der Waals surface area contributed by atoms with Crippen molar-refractivity contribution in [1.82, 2.24) is 14.7 Å². The van der Waals surface area contributed by atoms with E-state index < -0.39 is 17.6 Å². The summed E-state index contributed by atoms with van der Waals surface area (Å²) in [5.41, 5.74) is 0.267. The third-order valence-corrected chi connectivity index (χ3v) is 3.33. The molecule has 22 heavy (non-hydrogen) atoms. The molecule has 0 atom stereocenters. The lowest BCUT2D eigenvalue weighted by atomic mass is 10.1. The molecular weight excluding hydrogens is 295 g/mol. The highest BCUT2D eigenvalue weighted by atomic mass is 19.4. The smallest absolute Gasteiger partial charge is 0.337 e. The van der Waals surface area contributed by atoms with Crippen LogP contribution in [0.5, 0.6) is 0 Å². The molecule has 4 nitrogen and oxygen atoms in total. The second-order valence-corrected chi connectivity index (χ2v) is 5.12. The highest BCUT2D eigenvalue weighted by molar-refractivity contribution is 5.95. The van der Waals surface area contributed by atoms with E-state index in [4.69, 9.17) is 0 Å². The van der Waals surface area contributed by atoms with Gasteiger partial charge in [0.25, 0.3) is 5.91 Å². The van der Waals surface area contributed by atoms with Gasteiger partial charge in [-0.3, -0.25) is 9.48 Å². The van der Waals surface area contributed by atoms with Crippen molar-refractivity contribution >= 4 is 5.91 Å². The fraction of sp³-hybridized carbons (Fsp3) is 0.333. The number of amides is 1. The van der Waals surface area contributed by atoms with Crippen LogP contribution in [-0.2, 0) is 19.8 Å². The predicted molar refractivity (Wildman–Crippen MR) is 75.2 cm³/mol. The van der Waals surface area contributed by atoms with E-state index in [2.05, 4.69) is 5.10 Å². The lowest BCUT2D eigenvalue weighted by Crippen LogP contribution is -2.28. The maximum Gasteiger partial charge on any atom is 0.417 e. The molecule has 2 aromatic rings. The van der Waals surface area contributed by atoms with E-state index in [-0.39, 0.29) is 12.1 Å². The molecule has 0 aliphatic rings. The van der Waals surface area contributed by atoms with Gasteiger partial charge in [-0.25, -0.2) is 0 Å². The van der Waals surface area contributed by atoms with E-state index in [9.17, 15) is 18.0 Å². The number of nitrogens with zero attached hydrogens (tertiary/aromatic N) is 3. The van der Waals surface area contributed by atoms with Crippen molar-refractivity contribution in [3.05, 3.63) is 52.8 Å². The van der Waals surface area contributed by atoms with Crippen molar-refractivity contribution in [1.29, 1.82) is 0 Å². The van der Waals surface area contributed by atoms with Crippen molar-refractivity contribution in [3.63, 3.8) is 0 Å². The average molecular weight is 311 g/mol. The van der Waals surface area contributed by atoms with E-state index in [0.717, 1.165) is 17.3 Å². The molecule has 0 radical (unpaired) electrons. The van der Waals surface area contributed by atoms with Crippen molar-refractivity contribution in [3.8, 4) is 0 Å². The molecule has 7 heteroatoms. The molecule has 0 bridgehead atoms. The maximum absolute atomic E-state index is 13.0. The minimum Gasteiger partial charge on any atom is -0.337 e. The normalized spacial score (nSPS) is 11.5. The lowest BCUT2D eigenvalue weighted by molar-refractivity contribution is -0.138. The molecule has 0 saturated carbocycles. The fourth-order valence-electron chi connectivity index (χ4n) is 2.25. The SMILES string of the molecule is Cc1nn(C)cc1CN(C)C(=O)c1ccccc1C(F)(F)F. The van der Waals surface area contributed by atoms with Gasteiger partial charge in [0.15, 0.2) is 0 Å². The van der Waals surface area contributed by atoms with Gasteiger partial charge in [-0.15, -0.1) is 0 Å². The Balaban J connectivity index is 2.27. The van der Waals surface area contributed by atoms with Gasteiger partial charge in [0.05, 0.1) is 16.8 Å². The Kier molecular flexibility index (Phi) is 4.25. The molecule has 0 spiro atoms. The number of aromatic nitrogens is 2. The lowest BCUT2D eigenvalue weighted by Gasteiger charge is -2.19. The van der Waals surface area contributed by atoms with Crippen LogP contribution < -0.4 is 0 Å². The number of hydrogen-bond donors (Lipinski definition) is 0. The second kappa shape index (κ2) is 5.82. The number of aryl methyl sites for hydroxylation is 2. The summed E-state index contributed by atoms with van der Waals surface area (Å²) < 4.78 is 40.6. The van der Waals surface area contributed by atoms with E-state index in [0.29, 0.717) is 0 Å². The van der Waals surface area contributed by atoms with Crippen LogP contribution in [0.4, 0.5) is 13.2 Å². The number of carbonyl (C=O) groups is 1. The van der Waals surface area contributed by atoms with Gasteiger partial charge in [0.2, 0.25) is 0 Å². The third kappa shape index (κ3) is 3.29. The van der Waals surface area contributed by atoms with Crippen molar-refractivity contribution < 1.29 is 18.0 Å². The fourth-order valence-corrected chi connectivity index (χ4v) is 2.25. The minimum atomic E-state index is -4.56. The molecule has 1 amide bonds. The first-order valence-corrected chi connectivity index (χ1v) is 6.61. The van der Waals surface area contributed by atoms with Crippen LogP contribution >= 0.6 is 0 Å². The summed E-state index contributed by atoms with van der Waals surface area (Å²) in [6.45, 7) is 1.99. The number of carbonyl (C=O) groups excluding carboxylic acids is 1. The molecule has 0 saturated heterocycles. The molecule has 0 fully saturated rings. The van der Waals surface area contributed by atoms with E-state index in [1.165, 1.54) is 30.1 Å². The van der Waals surface area contributed by atoms with Crippen molar-refractivity contribution in [2.75, 3.05) is 7.05 Å². The quantitative estimate of drug-likeness (QED) is 0.874. The summed E-state index contributed by atoms with van der Waals surface area (Å²) in [6, 6.07) is 4.80. The zero-order chi connectivity index (χ0) is 16.5. The van der Waals surface area contributed by atoms with Crippen LogP contribution in [0, 0.1) is 6.92 Å². The number of rotatable bonds is 3. The molecule has 0 aliphatic heterocycles. The molecule has 2 rings (SSSR count). The Labute approximate surface area is 126 Å². The highest BCUT2D eigenvalue weighted by Crippen LogP contribution is 2.32. The highest BCUT2D eigenvalue weighted by Gasteiger charge is 2.35. The third-order valence-electron chi connectivity index (χ3n) is 3.33. The summed E-state index contributed by atoms with van der Waals surface area (Å²) >= 11 is 0. The van der Waals surface area contributed by atoms with E-state index in [1.807, 2.05) is 0 Å². The van der Waals surface area contributed by atoms with Gasteiger partial charge in [-0.1, -0.05) is 12.1 Å². The largest absolute Gasteiger partial charge is 0.417 e. The number of hydrogen-bond acceptors (Lipinski definition) is 2. The summed E-state index contributed by atoms with van der Waals surface area (Å²) in [7, 11) is 3.22. The second-order valence-electron chi connectivity index (χ2n) is 5.12. The van der Waals surface area contributed by atoms with Gasteiger partial charge in [-0.05, 0) is 19.1 Å². The standard InChI is InChI=1S/C15H16F3N3O/c1-10-11(9-21(3)19-10)8-20(2)14(22)12-6-4-5-7-13(12)15(16,17)18/h4-7,9H,8H2,1-3H3. The summed E-state index contributed by atoms with van der Waals surface area (Å²) in [5, 5.41) is 4.15. The Morgan fingerprint density at radius 3 is 2.50 bits per heavy atom. The first-order chi connectivity index (χ1) is 10.2. The Bertz CT molecular complexity index is 692. The Morgan fingerprint density at radius 1 is 1.32 bits per heavy atom. The molecule has 0 aliphatic carbocycles. The number of halogens is 3. The number of benzene rings is 1. The van der Waals surface area contributed by atoms with E-state index in [1.54, 1.807) is 24.9 Å². The molecule has 1 heterocycles. The zero-order valence-electron chi connectivity index (χ0n) is 12.5. The first-order valence-electron chi connectivity index (χ1n) is 6.61. The van der Waals surface area contributed by atoms with Crippen LogP contribution in [0.15, 0.2) is 30.5 Å². The van der Waals surface area contributed by atoms with Crippen molar-refractivity contribution in [2.24, 2.45) is 7.05 Å². The van der Waals surface area contributed by atoms with Crippen LogP contribution in [0.3, 0.4) is 0 Å². The van der Waals surface area contributed by atoms with Gasteiger partial charge in [0.1, 0.15) is 0 Å². The summed E-state index contributed by atoms with van der Waals surface area (Å²) in [5.74, 6) is -0.670. The van der Waals surface area contributed by atoms with Gasteiger partial charge in [-0.2, -0.15) is 18.3 Å². The van der Waals surface area contributed by atoms with E-state index >= 15 is 0 Å². The molecule has 1 aromatic heterocycles. The zero-order valence-corrected chi connectivity index (χ0v) is 12.5. The topological polar surface area (TPSA) is 38.1 Å². The average Bonchev–Trinajstić information content (AvgIpc) is 2.75. The molecule has 0 unspecified atom stereocenters. The Morgan fingerprint density at radius 2 is 1.95 bits per heavy atom. The Hall–Kier alpha value is -2.31. The van der Waals surface area contributed by atoms with Crippen molar-refractivity contribution in [2.45, 2.75) is 19.6 Å². The predicted octanol–water partition coefficient (Wildman–Crippen LogP) is 3.02. The van der Waals surface area contributed by atoms with Crippen LogP contribution in [-0.4, -0.2) is 27.6 Å². The van der Waals surface area contributed by atoms with Crippen LogP contribution in [0.1, 0.15) is 27.2 Å². The van der Waals surface area contributed by atoms with Crippen LogP contribution in [0.25, 0.3) is 0 Å². The minimum absolute atomic E-state index is 0.199. The molecule has 1 aromatic carbocycles. The molecular formula is C15H16F3N3O. The monoisotopic (exact) mass is 311 g/mol. The van der Waals surface area contributed by atoms with Gasteiger partial charge in [0, 0.05) is 32.4 Å². The summed E-state index contributed by atoms with van der Waals surface area (Å²) in [6.07, 6.45) is -2.81. The molecule has 0 N–H and O–H groups in total. The van der Waals surface area contributed by atoms with Crippen LogP contribution in [0.2, 0.25) is 0 Å². The molecule has 118 valence electrons. The van der Waals surface area contributed by atoms with Gasteiger partial charge >= 0.3 is 6.18 Å². The van der Waals surface area contributed by atoms with Gasteiger partial charge < -0.3 is 4.90 Å².